The molecule has 3 unspecified atom stereocenters. The van der Waals surface area contributed by atoms with Crippen LogP contribution < -0.4 is 5.32 Å². The molecule has 2 aliphatic rings. The maximum absolute atomic E-state index is 12.9. The second-order valence-electron chi connectivity index (χ2n) is 4.89. The summed E-state index contributed by atoms with van der Waals surface area (Å²) in [6, 6.07) is 0. The van der Waals surface area contributed by atoms with E-state index in [9.17, 15) is 4.57 Å². The van der Waals surface area contributed by atoms with E-state index in [1.54, 1.807) is 0 Å². The Kier molecular flexibility index (Phi) is 5.22. The summed E-state index contributed by atoms with van der Waals surface area (Å²) < 4.78 is 29.3. The first-order valence-corrected chi connectivity index (χ1v) is 8.49. The summed E-state index contributed by atoms with van der Waals surface area (Å²) in [6.07, 6.45) is 1.06. The minimum Gasteiger partial charge on any atom is -0.381 e. The lowest BCUT2D eigenvalue weighted by molar-refractivity contribution is 0.168. The summed E-state index contributed by atoms with van der Waals surface area (Å²) in [4.78, 5) is 0. The van der Waals surface area contributed by atoms with Crippen LogP contribution in [0.5, 0.6) is 0 Å². The lowest BCUT2D eigenvalue weighted by Crippen LogP contribution is -2.28. The van der Waals surface area contributed by atoms with Crippen LogP contribution in [-0.4, -0.2) is 45.2 Å². The number of hydrogen-bond donors (Lipinski definition) is 1. The monoisotopic (exact) mass is 277 g/mol. The second kappa shape index (κ2) is 6.49. The summed E-state index contributed by atoms with van der Waals surface area (Å²) in [5.74, 6) is 0.829. The SMILES string of the molecule is CCOP(=O)(OCC)C1CNCC1C1CCOC1. The van der Waals surface area contributed by atoms with Gasteiger partial charge in [0.2, 0.25) is 0 Å². The fraction of sp³-hybridized carbons (Fsp3) is 1.00. The highest BCUT2D eigenvalue weighted by atomic mass is 31.2. The van der Waals surface area contributed by atoms with E-state index in [1.165, 1.54) is 0 Å². The highest BCUT2D eigenvalue weighted by Gasteiger charge is 2.47. The average molecular weight is 277 g/mol. The van der Waals surface area contributed by atoms with E-state index in [1.807, 2.05) is 13.8 Å². The van der Waals surface area contributed by atoms with Crippen molar-refractivity contribution < 1.29 is 18.3 Å². The Balaban J connectivity index is 2.09. The van der Waals surface area contributed by atoms with Crippen LogP contribution in [-0.2, 0) is 18.3 Å². The quantitative estimate of drug-likeness (QED) is 0.751. The van der Waals surface area contributed by atoms with Crippen molar-refractivity contribution >= 4 is 7.60 Å². The molecule has 2 heterocycles. The molecule has 18 heavy (non-hydrogen) atoms. The topological polar surface area (TPSA) is 56.8 Å². The second-order valence-corrected chi connectivity index (χ2v) is 7.15. The van der Waals surface area contributed by atoms with Crippen LogP contribution in [0, 0.1) is 11.8 Å². The zero-order valence-electron chi connectivity index (χ0n) is 11.3. The van der Waals surface area contributed by atoms with Gasteiger partial charge in [-0.25, -0.2) is 0 Å². The molecule has 6 heteroatoms. The number of nitrogens with one attached hydrogen (secondary N) is 1. The van der Waals surface area contributed by atoms with Crippen LogP contribution >= 0.6 is 7.60 Å². The van der Waals surface area contributed by atoms with E-state index < -0.39 is 7.60 Å². The smallest absolute Gasteiger partial charge is 0.335 e. The minimum atomic E-state index is -2.99. The van der Waals surface area contributed by atoms with E-state index in [0.29, 0.717) is 25.0 Å². The van der Waals surface area contributed by atoms with Crippen LogP contribution in [0.25, 0.3) is 0 Å². The molecule has 0 aliphatic carbocycles. The normalized spacial score (nSPS) is 33.1. The zero-order valence-corrected chi connectivity index (χ0v) is 12.2. The Morgan fingerprint density at radius 3 is 2.56 bits per heavy atom. The Labute approximate surface area is 109 Å². The third-order valence-electron chi connectivity index (χ3n) is 3.82. The Hall–Kier alpha value is 0.0700. The Bertz CT molecular complexity index is 296. The molecular formula is C12H24NO4P. The maximum atomic E-state index is 12.9. The van der Waals surface area contributed by atoms with Crippen molar-refractivity contribution in [3.63, 3.8) is 0 Å². The predicted molar refractivity (Wildman–Crippen MR) is 69.9 cm³/mol. The largest absolute Gasteiger partial charge is 0.381 e. The van der Waals surface area contributed by atoms with E-state index in [-0.39, 0.29) is 5.66 Å². The van der Waals surface area contributed by atoms with Gasteiger partial charge in [-0.2, -0.15) is 0 Å². The lowest BCUT2D eigenvalue weighted by Gasteiger charge is -2.29. The van der Waals surface area contributed by atoms with Gasteiger partial charge in [-0.15, -0.1) is 0 Å². The molecule has 2 saturated heterocycles. The first-order chi connectivity index (χ1) is 8.71. The van der Waals surface area contributed by atoms with Crippen LogP contribution in [0.2, 0.25) is 0 Å². The van der Waals surface area contributed by atoms with Crippen molar-refractivity contribution in [2.75, 3.05) is 39.5 Å². The van der Waals surface area contributed by atoms with E-state index >= 15 is 0 Å². The Morgan fingerprint density at radius 2 is 2.00 bits per heavy atom. The molecule has 5 nitrogen and oxygen atoms in total. The lowest BCUT2D eigenvalue weighted by atomic mass is 9.91. The molecule has 0 saturated carbocycles. The molecule has 0 amide bonds. The van der Waals surface area contributed by atoms with E-state index in [4.69, 9.17) is 13.8 Å². The van der Waals surface area contributed by atoms with Gasteiger partial charge in [0.05, 0.1) is 18.9 Å². The first kappa shape index (κ1) is 14.5. The molecular weight excluding hydrogens is 253 g/mol. The highest BCUT2D eigenvalue weighted by Crippen LogP contribution is 2.57. The molecule has 0 bridgehead atoms. The van der Waals surface area contributed by atoms with Gasteiger partial charge in [-0.05, 0) is 38.6 Å². The maximum Gasteiger partial charge on any atom is 0.335 e. The van der Waals surface area contributed by atoms with Gasteiger partial charge in [0.15, 0.2) is 0 Å². The van der Waals surface area contributed by atoms with Gasteiger partial charge in [0, 0.05) is 19.8 Å². The van der Waals surface area contributed by atoms with Crippen LogP contribution in [0.4, 0.5) is 0 Å². The molecule has 0 spiro atoms. The third kappa shape index (κ3) is 2.97. The fourth-order valence-electron chi connectivity index (χ4n) is 2.99. The molecule has 2 rings (SSSR count). The summed E-state index contributed by atoms with van der Waals surface area (Å²) in [5, 5.41) is 3.33. The van der Waals surface area contributed by atoms with Gasteiger partial charge >= 0.3 is 7.60 Å². The molecule has 0 aromatic carbocycles. The van der Waals surface area contributed by atoms with Gasteiger partial charge in [-0.3, -0.25) is 4.57 Å². The van der Waals surface area contributed by atoms with Crippen molar-refractivity contribution in [2.45, 2.75) is 25.9 Å². The standard InChI is InChI=1S/C12H24NO4P/c1-3-16-18(14,17-4-2)12-8-13-7-11(12)10-5-6-15-9-10/h10-13H,3-9H2,1-2H3. The van der Waals surface area contributed by atoms with Gasteiger partial charge in [0.1, 0.15) is 0 Å². The van der Waals surface area contributed by atoms with Gasteiger partial charge in [0.25, 0.3) is 0 Å². The summed E-state index contributed by atoms with van der Waals surface area (Å²) in [5.41, 5.74) is -0.0240. The predicted octanol–water partition coefficient (Wildman–Crippen LogP) is 1.88. The average Bonchev–Trinajstić information content (AvgIpc) is 3.00. The van der Waals surface area contributed by atoms with Crippen LogP contribution in [0.1, 0.15) is 20.3 Å². The van der Waals surface area contributed by atoms with E-state index in [0.717, 1.165) is 32.7 Å². The van der Waals surface area contributed by atoms with E-state index in [2.05, 4.69) is 5.32 Å². The van der Waals surface area contributed by atoms with Crippen molar-refractivity contribution in [1.29, 1.82) is 0 Å². The first-order valence-electron chi connectivity index (χ1n) is 6.88. The molecule has 106 valence electrons. The molecule has 0 aromatic heterocycles. The summed E-state index contributed by atoms with van der Waals surface area (Å²) in [7, 11) is -2.99. The van der Waals surface area contributed by atoms with Crippen molar-refractivity contribution in [2.24, 2.45) is 11.8 Å². The van der Waals surface area contributed by atoms with Crippen LogP contribution in [0.15, 0.2) is 0 Å². The molecule has 3 atom stereocenters. The fourth-order valence-corrected chi connectivity index (χ4v) is 5.34. The summed E-state index contributed by atoms with van der Waals surface area (Å²) in [6.45, 7) is 7.80. The minimum absolute atomic E-state index is 0.0240. The van der Waals surface area contributed by atoms with Crippen LogP contribution in [0.3, 0.4) is 0 Å². The van der Waals surface area contributed by atoms with Crippen molar-refractivity contribution in [1.82, 2.24) is 5.32 Å². The highest BCUT2D eigenvalue weighted by molar-refractivity contribution is 7.54. The molecule has 0 radical (unpaired) electrons. The van der Waals surface area contributed by atoms with Gasteiger partial charge in [-0.1, -0.05) is 0 Å². The zero-order chi connectivity index (χ0) is 13.0. The molecule has 2 fully saturated rings. The Morgan fingerprint density at radius 1 is 1.28 bits per heavy atom. The molecule has 0 aromatic rings. The van der Waals surface area contributed by atoms with Crippen molar-refractivity contribution in [3.05, 3.63) is 0 Å². The van der Waals surface area contributed by atoms with Gasteiger partial charge < -0.3 is 19.1 Å². The molecule has 2 aliphatic heterocycles. The summed E-state index contributed by atoms with van der Waals surface area (Å²) >= 11 is 0. The molecule has 1 N–H and O–H groups in total. The number of ether oxygens (including phenoxy) is 1. The third-order valence-corrected chi connectivity index (χ3v) is 6.44. The van der Waals surface area contributed by atoms with Crippen molar-refractivity contribution in [3.8, 4) is 0 Å². The number of rotatable bonds is 6. The number of hydrogen-bond acceptors (Lipinski definition) is 5.